The van der Waals surface area contributed by atoms with Crippen LogP contribution in [0.4, 0.5) is 5.69 Å². The number of nitrogens with one attached hydrogen (secondary N) is 1. The Balaban J connectivity index is 1.65. The number of aromatic hydroxyl groups is 2. The Morgan fingerprint density at radius 2 is 1.80 bits per heavy atom. The summed E-state index contributed by atoms with van der Waals surface area (Å²) in [7, 11) is 1.61. The summed E-state index contributed by atoms with van der Waals surface area (Å²) >= 11 is 0. The monoisotopic (exact) mass is 404 g/mol. The lowest BCUT2D eigenvalue weighted by Gasteiger charge is -2.18. The number of hydrogen-bond acceptors (Lipinski definition) is 5. The van der Waals surface area contributed by atoms with Crippen molar-refractivity contribution in [1.29, 1.82) is 0 Å². The predicted molar refractivity (Wildman–Crippen MR) is 116 cm³/mol. The molecule has 6 nitrogen and oxygen atoms in total. The van der Waals surface area contributed by atoms with Gasteiger partial charge in [-0.25, -0.2) is 0 Å². The number of nitrogens with two attached hydrogens (primary N) is 1. The van der Waals surface area contributed by atoms with E-state index >= 15 is 0 Å². The van der Waals surface area contributed by atoms with E-state index < -0.39 is 5.41 Å². The minimum atomic E-state index is -0.694. The van der Waals surface area contributed by atoms with Gasteiger partial charge in [0.1, 0.15) is 5.75 Å². The van der Waals surface area contributed by atoms with Crippen LogP contribution >= 0.6 is 0 Å². The van der Waals surface area contributed by atoms with Crippen LogP contribution in [0.3, 0.4) is 0 Å². The Labute approximate surface area is 174 Å². The maximum atomic E-state index is 13.1. The van der Waals surface area contributed by atoms with E-state index in [1.807, 2.05) is 36.4 Å². The Morgan fingerprint density at radius 1 is 1.03 bits per heavy atom. The van der Waals surface area contributed by atoms with E-state index in [4.69, 9.17) is 10.5 Å². The minimum absolute atomic E-state index is 0.143. The molecule has 0 radical (unpaired) electrons. The molecule has 0 aliphatic heterocycles. The highest BCUT2D eigenvalue weighted by Crippen LogP contribution is 2.50. The lowest BCUT2D eigenvalue weighted by Crippen LogP contribution is -2.27. The van der Waals surface area contributed by atoms with Crippen molar-refractivity contribution in [3.8, 4) is 28.4 Å². The first-order valence-corrected chi connectivity index (χ1v) is 9.79. The topological polar surface area (TPSA) is 105 Å². The second kappa shape index (κ2) is 7.72. The molecule has 1 saturated carbocycles. The number of carbonyl (C=O) groups excluding carboxylic acids is 1. The largest absolute Gasteiger partial charge is 0.504 e. The zero-order valence-electron chi connectivity index (χ0n) is 16.7. The number of phenols is 2. The van der Waals surface area contributed by atoms with Crippen LogP contribution in [0, 0.1) is 0 Å². The van der Waals surface area contributed by atoms with Crippen LogP contribution < -0.4 is 15.8 Å². The van der Waals surface area contributed by atoms with Crippen molar-refractivity contribution in [3.05, 3.63) is 71.8 Å². The summed E-state index contributed by atoms with van der Waals surface area (Å²) in [6.45, 7) is 0.392. The molecule has 0 unspecified atom stereocenters. The van der Waals surface area contributed by atoms with Gasteiger partial charge in [-0.2, -0.15) is 0 Å². The van der Waals surface area contributed by atoms with E-state index in [0.29, 0.717) is 36.4 Å². The van der Waals surface area contributed by atoms with Gasteiger partial charge in [-0.3, -0.25) is 4.79 Å². The highest BCUT2D eigenvalue weighted by Gasteiger charge is 2.51. The van der Waals surface area contributed by atoms with Gasteiger partial charge in [0.15, 0.2) is 11.5 Å². The first-order chi connectivity index (χ1) is 14.5. The maximum absolute atomic E-state index is 13.1. The number of ether oxygens (including phenoxy) is 1. The molecule has 0 atom stereocenters. The summed E-state index contributed by atoms with van der Waals surface area (Å²) in [5.41, 5.74) is 9.34. The Morgan fingerprint density at radius 3 is 2.47 bits per heavy atom. The first kappa shape index (κ1) is 19.8. The molecule has 1 fully saturated rings. The molecular formula is C24H24N2O4. The fourth-order valence-electron chi connectivity index (χ4n) is 3.80. The molecule has 3 aromatic carbocycles. The number of rotatable bonds is 6. The van der Waals surface area contributed by atoms with Crippen molar-refractivity contribution >= 4 is 11.6 Å². The van der Waals surface area contributed by atoms with Gasteiger partial charge in [0.05, 0.1) is 12.5 Å². The molecule has 4 rings (SSSR count). The van der Waals surface area contributed by atoms with E-state index in [1.54, 1.807) is 19.2 Å². The molecule has 154 valence electrons. The SMILES string of the molecule is COc1ccc(NC(=O)C2(c3ccc(O)c(O)c3)CC2)cc1-c1ccccc1CN. The third kappa shape index (κ3) is 3.46. The summed E-state index contributed by atoms with van der Waals surface area (Å²) in [4.78, 5) is 13.1. The van der Waals surface area contributed by atoms with Gasteiger partial charge < -0.3 is 26.0 Å². The lowest BCUT2D eigenvalue weighted by atomic mass is 9.94. The maximum Gasteiger partial charge on any atom is 0.235 e. The number of phenolic OH excluding ortho intramolecular Hbond substituents is 2. The molecular weight excluding hydrogens is 380 g/mol. The number of carbonyl (C=O) groups is 1. The van der Waals surface area contributed by atoms with Crippen LogP contribution in [-0.2, 0) is 16.8 Å². The quantitative estimate of drug-likeness (QED) is 0.467. The molecule has 0 saturated heterocycles. The fraction of sp³-hybridized carbons (Fsp3) is 0.208. The number of methoxy groups -OCH3 is 1. The minimum Gasteiger partial charge on any atom is -0.504 e. The molecule has 1 aliphatic carbocycles. The van der Waals surface area contributed by atoms with Crippen molar-refractivity contribution in [2.24, 2.45) is 5.73 Å². The van der Waals surface area contributed by atoms with Crippen molar-refractivity contribution in [1.82, 2.24) is 0 Å². The first-order valence-electron chi connectivity index (χ1n) is 9.79. The second-order valence-electron chi connectivity index (χ2n) is 7.52. The van der Waals surface area contributed by atoms with E-state index in [9.17, 15) is 15.0 Å². The molecule has 3 aromatic rings. The average Bonchev–Trinajstić information content (AvgIpc) is 3.58. The molecule has 30 heavy (non-hydrogen) atoms. The van der Waals surface area contributed by atoms with Gasteiger partial charge in [-0.15, -0.1) is 0 Å². The molecule has 1 amide bonds. The van der Waals surface area contributed by atoms with E-state index in [2.05, 4.69) is 5.32 Å². The Bertz CT molecular complexity index is 1110. The van der Waals surface area contributed by atoms with Crippen LogP contribution in [0.2, 0.25) is 0 Å². The summed E-state index contributed by atoms with van der Waals surface area (Å²) in [6.07, 6.45) is 1.37. The smallest absolute Gasteiger partial charge is 0.235 e. The standard InChI is InChI=1S/C24H24N2O4/c1-30-22-9-7-17(13-19(22)18-5-3-2-4-15(18)14-25)26-23(29)24(10-11-24)16-6-8-20(27)21(28)12-16/h2-9,12-13,27-28H,10-11,14,25H2,1H3,(H,26,29). The summed E-state index contributed by atoms with van der Waals surface area (Å²) in [5.74, 6) is 0.124. The van der Waals surface area contributed by atoms with Crippen LogP contribution in [0.1, 0.15) is 24.0 Å². The van der Waals surface area contributed by atoms with Gasteiger partial charge in [-0.1, -0.05) is 30.3 Å². The van der Waals surface area contributed by atoms with Crippen LogP contribution in [0.15, 0.2) is 60.7 Å². The van der Waals surface area contributed by atoms with Gasteiger partial charge >= 0.3 is 0 Å². The third-order valence-corrected chi connectivity index (χ3v) is 5.70. The van der Waals surface area contributed by atoms with Crippen LogP contribution in [0.25, 0.3) is 11.1 Å². The van der Waals surface area contributed by atoms with Gasteiger partial charge in [-0.05, 0) is 59.9 Å². The van der Waals surface area contributed by atoms with Crippen molar-refractivity contribution < 1.29 is 19.7 Å². The number of benzene rings is 3. The van der Waals surface area contributed by atoms with Gasteiger partial charge in [0.2, 0.25) is 5.91 Å². The van der Waals surface area contributed by atoms with Gasteiger partial charge in [0, 0.05) is 17.8 Å². The molecule has 0 aromatic heterocycles. The van der Waals surface area contributed by atoms with Crippen LogP contribution in [0.5, 0.6) is 17.2 Å². The normalized spacial score (nSPS) is 14.2. The fourth-order valence-corrected chi connectivity index (χ4v) is 3.80. The van der Waals surface area contributed by atoms with E-state index in [-0.39, 0.29) is 17.4 Å². The molecule has 1 aliphatic rings. The zero-order chi connectivity index (χ0) is 21.3. The predicted octanol–water partition coefficient (Wildman–Crippen LogP) is 3.90. The van der Waals surface area contributed by atoms with Crippen LogP contribution in [-0.4, -0.2) is 23.2 Å². The highest BCUT2D eigenvalue weighted by molar-refractivity contribution is 6.02. The molecule has 0 bridgehead atoms. The van der Waals surface area contributed by atoms with E-state index in [0.717, 1.165) is 16.7 Å². The molecule has 0 spiro atoms. The Hall–Kier alpha value is -3.51. The number of hydrogen-bond donors (Lipinski definition) is 4. The van der Waals surface area contributed by atoms with Crippen molar-refractivity contribution in [2.45, 2.75) is 24.8 Å². The van der Waals surface area contributed by atoms with Crippen molar-refractivity contribution in [2.75, 3.05) is 12.4 Å². The Kier molecular flexibility index (Phi) is 5.10. The van der Waals surface area contributed by atoms with Gasteiger partial charge in [0.25, 0.3) is 0 Å². The number of anilines is 1. The lowest BCUT2D eigenvalue weighted by molar-refractivity contribution is -0.118. The van der Waals surface area contributed by atoms with Crippen molar-refractivity contribution in [3.63, 3.8) is 0 Å². The molecule has 6 heteroatoms. The molecule has 0 heterocycles. The second-order valence-corrected chi connectivity index (χ2v) is 7.52. The average molecular weight is 404 g/mol. The zero-order valence-corrected chi connectivity index (χ0v) is 16.7. The highest BCUT2D eigenvalue weighted by atomic mass is 16.5. The number of amides is 1. The van der Waals surface area contributed by atoms with E-state index in [1.165, 1.54) is 12.1 Å². The summed E-state index contributed by atoms with van der Waals surface area (Å²) < 4.78 is 5.53. The summed E-state index contributed by atoms with van der Waals surface area (Å²) in [5, 5.41) is 22.4. The molecule has 5 N–H and O–H groups in total. The third-order valence-electron chi connectivity index (χ3n) is 5.70. The summed E-state index contributed by atoms with van der Waals surface area (Å²) in [6, 6.07) is 17.9.